The van der Waals surface area contributed by atoms with Crippen molar-refractivity contribution in [1.29, 1.82) is 5.26 Å². The molecule has 1 heterocycles. The van der Waals surface area contributed by atoms with Crippen molar-refractivity contribution in [3.05, 3.63) is 90.3 Å². The van der Waals surface area contributed by atoms with Crippen molar-refractivity contribution in [2.45, 2.75) is 44.4 Å². The van der Waals surface area contributed by atoms with Crippen LogP contribution in [-0.4, -0.2) is 11.6 Å². The van der Waals surface area contributed by atoms with Gasteiger partial charge in [0.25, 0.3) is 0 Å². The first-order valence-electron chi connectivity index (χ1n) is 10.4. The molecular weight excluding hydrogens is 356 g/mol. The van der Waals surface area contributed by atoms with Crippen LogP contribution in [-0.2, 0) is 5.41 Å². The summed E-state index contributed by atoms with van der Waals surface area (Å²) in [5.41, 5.74) is 2.35. The molecule has 0 aliphatic heterocycles. The maximum atomic E-state index is 9.88. The molecule has 29 heavy (non-hydrogen) atoms. The monoisotopic (exact) mass is 384 g/mol. The molecule has 0 radical (unpaired) electrons. The summed E-state index contributed by atoms with van der Waals surface area (Å²) in [5.74, 6) is 0.756. The van der Waals surface area contributed by atoms with E-state index in [1.807, 2.05) is 42.5 Å². The lowest BCUT2D eigenvalue weighted by Crippen LogP contribution is -2.23. The zero-order valence-corrected chi connectivity index (χ0v) is 17.1. The Morgan fingerprint density at radius 2 is 2.00 bits per heavy atom. The van der Waals surface area contributed by atoms with E-state index in [1.54, 1.807) is 6.20 Å². The van der Waals surface area contributed by atoms with Crippen molar-refractivity contribution in [3.63, 3.8) is 0 Å². The number of nitriles is 1. The van der Waals surface area contributed by atoms with Crippen molar-refractivity contribution < 1.29 is 4.74 Å². The molecule has 3 rings (SSSR count). The molecule has 0 bridgehead atoms. The number of hydrogen-bond donors (Lipinski definition) is 0. The number of nitrogens with zero attached hydrogens (tertiary/aromatic N) is 2. The fourth-order valence-electron chi connectivity index (χ4n) is 3.38. The Kier molecular flexibility index (Phi) is 7.41. The predicted octanol–water partition coefficient (Wildman–Crippen LogP) is 6.40. The Labute approximate surface area is 174 Å². The van der Waals surface area contributed by atoms with E-state index in [1.165, 1.54) is 0 Å². The second-order valence-electron chi connectivity index (χ2n) is 7.25. The number of pyridine rings is 1. The molecule has 0 fully saturated rings. The van der Waals surface area contributed by atoms with E-state index in [-0.39, 0.29) is 0 Å². The minimum Gasteiger partial charge on any atom is -0.492 e. The average molecular weight is 385 g/mol. The second kappa shape index (κ2) is 10.4. The molecule has 3 heteroatoms. The van der Waals surface area contributed by atoms with Gasteiger partial charge < -0.3 is 4.74 Å². The van der Waals surface area contributed by atoms with Gasteiger partial charge in [-0.15, -0.1) is 0 Å². The summed E-state index contributed by atoms with van der Waals surface area (Å²) in [6.07, 6.45) is 17.2. The van der Waals surface area contributed by atoms with Crippen molar-refractivity contribution in [2.75, 3.05) is 6.61 Å². The van der Waals surface area contributed by atoms with E-state index in [9.17, 15) is 5.26 Å². The summed E-state index contributed by atoms with van der Waals surface area (Å²) in [6, 6.07) is 16.5. The number of ether oxygens (including phenoxy) is 1. The molecule has 0 N–H and O–H groups in total. The maximum Gasteiger partial charge on any atom is 0.137 e. The smallest absolute Gasteiger partial charge is 0.137 e. The molecule has 1 aliphatic rings. The highest BCUT2D eigenvalue weighted by atomic mass is 16.5. The van der Waals surface area contributed by atoms with Gasteiger partial charge in [-0.3, -0.25) is 4.98 Å². The van der Waals surface area contributed by atoms with Gasteiger partial charge in [0.05, 0.1) is 24.6 Å². The second-order valence-corrected chi connectivity index (χ2v) is 7.25. The standard InChI is InChI=1S/C26H28N2O/c1-2-3-4-5-6-10-19-29-24-13-14-25(28-20-24)26(21-27)17-15-23(16-18-26)22-11-8-7-9-12-22/h3-4,7-9,11-17,20H,2,5-6,10,18-19H2,1H3/b4-3-. The quantitative estimate of drug-likeness (QED) is 0.371. The third kappa shape index (κ3) is 5.45. The molecule has 3 nitrogen and oxygen atoms in total. The van der Waals surface area contributed by atoms with Crippen molar-refractivity contribution in [3.8, 4) is 11.8 Å². The highest BCUT2D eigenvalue weighted by molar-refractivity contribution is 5.76. The molecule has 0 amide bonds. The Bertz CT molecular complexity index is 904. The van der Waals surface area contributed by atoms with E-state index >= 15 is 0 Å². The number of aromatic nitrogens is 1. The average Bonchev–Trinajstić information content (AvgIpc) is 2.79. The van der Waals surface area contributed by atoms with E-state index in [0.29, 0.717) is 13.0 Å². The van der Waals surface area contributed by atoms with Crippen LogP contribution >= 0.6 is 0 Å². The molecule has 1 aliphatic carbocycles. The molecule has 0 saturated heterocycles. The number of benzene rings is 1. The first kappa shape index (κ1) is 20.6. The van der Waals surface area contributed by atoms with Crippen molar-refractivity contribution in [1.82, 2.24) is 4.98 Å². The van der Waals surface area contributed by atoms with Crippen LogP contribution < -0.4 is 4.74 Å². The van der Waals surface area contributed by atoms with Gasteiger partial charge in [0, 0.05) is 0 Å². The van der Waals surface area contributed by atoms with E-state index < -0.39 is 5.41 Å². The fraction of sp³-hybridized carbons (Fsp3) is 0.308. The lowest BCUT2D eigenvalue weighted by molar-refractivity contribution is 0.306. The Hall–Kier alpha value is -3.12. The van der Waals surface area contributed by atoms with Crippen LogP contribution in [0.25, 0.3) is 5.57 Å². The lowest BCUT2D eigenvalue weighted by atomic mass is 9.77. The summed E-state index contributed by atoms with van der Waals surface area (Å²) < 4.78 is 5.80. The first-order valence-corrected chi connectivity index (χ1v) is 10.4. The van der Waals surface area contributed by atoms with Crippen LogP contribution in [0.15, 0.2) is 79.0 Å². The van der Waals surface area contributed by atoms with Crippen LogP contribution in [0, 0.1) is 11.3 Å². The molecule has 148 valence electrons. The number of hydrogen-bond acceptors (Lipinski definition) is 3. The highest BCUT2D eigenvalue weighted by Crippen LogP contribution is 2.35. The molecule has 1 unspecified atom stereocenters. The van der Waals surface area contributed by atoms with E-state index in [0.717, 1.165) is 48.3 Å². The minimum atomic E-state index is -0.720. The Balaban J connectivity index is 1.57. The van der Waals surface area contributed by atoms with Gasteiger partial charge in [-0.25, -0.2) is 0 Å². The van der Waals surface area contributed by atoms with Gasteiger partial charge in [0.1, 0.15) is 11.2 Å². The van der Waals surface area contributed by atoms with Crippen LogP contribution in [0.4, 0.5) is 0 Å². The zero-order chi connectivity index (χ0) is 20.4. The van der Waals surface area contributed by atoms with Crippen LogP contribution in [0.1, 0.15) is 50.3 Å². The van der Waals surface area contributed by atoms with Crippen molar-refractivity contribution >= 4 is 5.57 Å². The minimum absolute atomic E-state index is 0.614. The van der Waals surface area contributed by atoms with Gasteiger partial charge >= 0.3 is 0 Å². The third-order valence-corrected chi connectivity index (χ3v) is 5.13. The van der Waals surface area contributed by atoms with Gasteiger partial charge in [-0.2, -0.15) is 5.26 Å². The molecule has 0 saturated carbocycles. The maximum absolute atomic E-state index is 9.88. The third-order valence-electron chi connectivity index (χ3n) is 5.13. The number of allylic oxidation sites excluding steroid dienone is 6. The van der Waals surface area contributed by atoms with Crippen LogP contribution in [0.5, 0.6) is 5.75 Å². The predicted molar refractivity (Wildman–Crippen MR) is 118 cm³/mol. The largest absolute Gasteiger partial charge is 0.492 e. The van der Waals surface area contributed by atoms with Crippen LogP contribution in [0.2, 0.25) is 0 Å². The molecule has 2 aromatic rings. The van der Waals surface area contributed by atoms with Gasteiger partial charge in [-0.05, 0) is 55.4 Å². The zero-order valence-electron chi connectivity index (χ0n) is 17.1. The molecule has 1 atom stereocenters. The molecule has 0 spiro atoms. The summed E-state index contributed by atoms with van der Waals surface area (Å²) in [4.78, 5) is 4.54. The lowest BCUT2D eigenvalue weighted by Gasteiger charge is -2.25. The van der Waals surface area contributed by atoms with Gasteiger partial charge in [-0.1, -0.05) is 67.6 Å². The Morgan fingerprint density at radius 1 is 1.14 bits per heavy atom. The fourth-order valence-corrected chi connectivity index (χ4v) is 3.38. The van der Waals surface area contributed by atoms with Gasteiger partial charge in [0.15, 0.2) is 0 Å². The summed E-state index contributed by atoms with van der Waals surface area (Å²) in [7, 11) is 0. The summed E-state index contributed by atoms with van der Waals surface area (Å²) in [5, 5.41) is 9.88. The van der Waals surface area contributed by atoms with Crippen LogP contribution in [0.3, 0.4) is 0 Å². The number of rotatable bonds is 9. The molecule has 1 aromatic heterocycles. The Morgan fingerprint density at radius 3 is 2.66 bits per heavy atom. The summed E-state index contributed by atoms with van der Waals surface area (Å²) in [6.45, 7) is 2.84. The van der Waals surface area contributed by atoms with Gasteiger partial charge in [0.2, 0.25) is 0 Å². The molecule has 1 aromatic carbocycles. The number of unbranched alkanes of at least 4 members (excludes halogenated alkanes) is 2. The normalized spacial score (nSPS) is 18.4. The first-order chi connectivity index (χ1) is 14.3. The van der Waals surface area contributed by atoms with E-state index in [2.05, 4.69) is 48.3 Å². The SMILES string of the molecule is CC/C=C\CCCCOc1ccc(C2(C#N)C=CC(c3ccccc3)=CC2)nc1. The topological polar surface area (TPSA) is 45.9 Å². The highest BCUT2D eigenvalue weighted by Gasteiger charge is 2.32. The van der Waals surface area contributed by atoms with Crippen molar-refractivity contribution in [2.24, 2.45) is 0 Å². The summed E-state index contributed by atoms with van der Waals surface area (Å²) >= 11 is 0. The molecular formula is C26H28N2O. The van der Waals surface area contributed by atoms with E-state index in [4.69, 9.17) is 4.74 Å².